The summed E-state index contributed by atoms with van der Waals surface area (Å²) in [4.78, 5) is 14.7. The van der Waals surface area contributed by atoms with Crippen LogP contribution in [-0.4, -0.2) is 25.3 Å². The molecule has 0 saturated carbocycles. The maximum atomic E-state index is 10.8. The van der Waals surface area contributed by atoms with E-state index in [-0.39, 0.29) is 0 Å². The fourth-order valence-electron chi connectivity index (χ4n) is 0.918. The largest absolute Gasteiger partial charge is 0.481 e. The predicted octanol–water partition coefficient (Wildman–Crippen LogP) is 0.946. The average molecular weight is 196 g/mol. The third-order valence-electron chi connectivity index (χ3n) is 1.63. The van der Waals surface area contributed by atoms with Crippen molar-refractivity contribution in [2.45, 2.75) is 6.54 Å². The predicted molar refractivity (Wildman–Crippen MR) is 50.0 cm³/mol. The highest BCUT2D eigenvalue weighted by Crippen LogP contribution is 2.07. The van der Waals surface area contributed by atoms with Crippen LogP contribution in [0.4, 0.5) is 4.79 Å². The third-order valence-corrected chi connectivity index (χ3v) is 1.63. The highest BCUT2D eigenvalue weighted by Gasteiger charge is 2.00. The Hall–Kier alpha value is -1.78. The van der Waals surface area contributed by atoms with E-state index in [0.717, 1.165) is 5.56 Å². The minimum Gasteiger partial charge on any atom is -0.481 e. The Balaban J connectivity index is 2.54. The molecule has 0 unspecified atom stereocenters. The molecule has 1 heterocycles. The maximum absolute atomic E-state index is 10.8. The van der Waals surface area contributed by atoms with E-state index in [1.165, 1.54) is 7.11 Å². The zero-order chi connectivity index (χ0) is 10.4. The molecular weight excluding hydrogens is 184 g/mol. The molecule has 5 heteroatoms. The summed E-state index contributed by atoms with van der Waals surface area (Å²) in [6.07, 6.45) is 1.16. The quantitative estimate of drug-likeness (QED) is 0.781. The second-order valence-corrected chi connectivity index (χ2v) is 2.55. The van der Waals surface area contributed by atoms with Crippen molar-refractivity contribution < 1.29 is 14.3 Å². The van der Waals surface area contributed by atoms with Gasteiger partial charge in [0.1, 0.15) is 0 Å². The molecule has 0 aliphatic carbocycles. The summed E-state index contributed by atoms with van der Waals surface area (Å²) in [6.45, 7) is 0.394. The van der Waals surface area contributed by atoms with Crippen LogP contribution in [0.3, 0.4) is 0 Å². The molecule has 0 saturated heterocycles. The Morgan fingerprint density at radius 1 is 1.57 bits per heavy atom. The molecule has 0 spiro atoms. The molecular formula is C9H12N2O3. The van der Waals surface area contributed by atoms with Crippen LogP contribution in [-0.2, 0) is 11.3 Å². The highest BCUT2D eigenvalue weighted by atomic mass is 16.5. The number of nitrogens with zero attached hydrogens (tertiary/aromatic N) is 1. The van der Waals surface area contributed by atoms with Gasteiger partial charge in [0.25, 0.3) is 0 Å². The molecule has 0 fully saturated rings. The van der Waals surface area contributed by atoms with E-state index >= 15 is 0 Å². The van der Waals surface area contributed by atoms with Crippen LogP contribution in [0.2, 0.25) is 0 Å². The van der Waals surface area contributed by atoms with Gasteiger partial charge in [-0.1, -0.05) is 0 Å². The molecule has 0 aliphatic rings. The van der Waals surface area contributed by atoms with Gasteiger partial charge in [0, 0.05) is 18.8 Å². The molecule has 0 aromatic carbocycles. The topological polar surface area (TPSA) is 60.5 Å². The van der Waals surface area contributed by atoms with Gasteiger partial charge in [-0.05, 0) is 11.6 Å². The summed E-state index contributed by atoms with van der Waals surface area (Å²) in [5.41, 5.74) is 0.905. The molecule has 0 bridgehead atoms. The van der Waals surface area contributed by atoms with Gasteiger partial charge in [-0.15, -0.1) is 0 Å². The lowest BCUT2D eigenvalue weighted by atomic mass is 10.3. The number of alkyl carbamates (subject to hydrolysis) is 1. The first kappa shape index (κ1) is 10.3. The van der Waals surface area contributed by atoms with Crippen molar-refractivity contribution in [3.8, 4) is 5.88 Å². The fourth-order valence-corrected chi connectivity index (χ4v) is 0.918. The number of amides is 1. The van der Waals surface area contributed by atoms with Gasteiger partial charge in [0.2, 0.25) is 5.88 Å². The van der Waals surface area contributed by atoms with Crippen molar-refractivity contribution in [3.63, 3.8) is 0 Å². The zero-order valence-electron chi connectivity index (χ0n) is 8.11. The number of pyridine rings is 1. The van der Waals surface area contributed by atoms with Crippen molar-refractivity contribution in [2.75, 3.05) is 14.2 Å². The van der Waals surface area contributed by atoms with E-state index < -0.39 is 6.09 Å². The summed E-state index contributed by atoms with van der Waals surface area (Å²) in [6, 6.07) is 3.54. The highest BCUT2D eigenvalue weighted by molar-refractivity contribution is 5.66. The average Bonchev–Trinajstić information content (AvgIpc) is 2.26. The van der Waals surface area contributed by atoms with E-state index in [1.54, 1.807) is 25.4 Å². The smallest absolute Gasteiger partial charge is 0.407 e. The molecule has 14 heavy (non-hydrogen) atoms. The number of ether oxygens (including phenoxy) is 2. The van der Waals surface area contributed by atoms with E-state index in [9.17, 15) is 4.79 Å². The zero-order valence-corrected chi connectivity index (χ0v) is 8.11. The Labute approximate surface area is 82.0 Å². The lowest BCUT2D eigenvalue weighted by Gasteiger charge is -2.04. The first-order valence-electron chi connectivity index (χ1n) is 4.07. The fraction of sp³-hybridized carbons (Fsp3) is 0.333. The molecule has 0 atom stereocenters. The van der Waals surface area contributed by atoms with Crippen LogP contribution in [0, 0.1) is 0 Å². The van der Waals surface area contributed by atoms with Crippen molar-refractivity contribution in [2.24, 2.45) is 0 Å². The minimum atomic E-state index is -0.458. The Morgan fingerprint density at radius 2 is 2.36 bits per heavy atom. The van der Waals surface area contributed by atoms with E-state index in [4.69, 9.17) is 4.74 Å². The van der Waals surface area contributed by atoms with Crippen molar-refractivity contribution >= 4 is 6.09 Å². The van der Waals surface area contributed by atoms with E-state index in [0.29, 0.717) is 12.4 Å². The van der Waals surface area contributed by atoms with Crippen molar-refractivity contribution in [3.05, 3.63) is 23.9 Å². The normalized spacial score (nSPS) is 9.29. The molecule has 5 nitrogen and oxygen atoms in total. The second-order valence-electron chi connectivity index (χ2n) is 2.55. The SMILES string of the molecule is COC(=O)NCc1ccnc(OC)c1. The standard InChI is InChI=1S/C9H12N2O3/c1-13-8-5-7(3-4-10-8)6-11-9(12)14-2/h3-5H,6H2,1-2H3,(H,11,12). The van der Waals surface area contributed by atoms with Gasteiger partial charge in [-0.2, -0.15) is 0 Å². The molecule has 1 amide bonds. The number of nitrogens with one attached hydrogen (secondary N) is 1. The third kappa shape index (κ3) is 2.93. The molecule has 1 aromatic rings. The first-order chi connectivity index (χ1) is 6.76. The summed E-state index contributed by atoms with van der Waals surface area (Å²) in [5, 5.41) is 2.56. The van der Waals surface area contributed by atoms with Gasteiger partial charge < -0.3 is 14.8 Å². The van der Waals surface area contributed by atoms with Crippen LogP contribution < -0.4 is 10.1 Å². The Kier molecular flexibility index (Phi) is 3.72. The van der Waals surface area contributed by atoms with Crippen LogP contribution in [0.25, 0.3) is 0 Å². The summed E-state index contributed by atoms with van der Waals surface area (Å²) >= 11 is 0. The minimum absolute atomic E-state index is 0.394. The van der Waals surface area contributed by atoms with E-state index in [1.807, 2.05) is 0 Å². The van der Waals surface area contributed by atoms with Gasteiger partial charge in [-0.3, -0.25) is 0 Å². The van der Waals surface area contributed by atoms with Gasteiger partial charge in [0.15, 0.2) is 0 Å². The van der Waals surface area contributed by atoms with Crippen molar-refractivity contribution in [1.29, 1.82) is 0 Å². The van der Waals surface area contributed by atoms with Crippen LogP contribution in [0.5, 0.6) is 5.88 Å². The number of carbonyl (C=O) groups is 1. The monoisotopic (exact) mass is 196 g/mol. The van der Waals surface area contributed by atoms with Gasteiger partial charge in [-0.25, -0.2) is 9.78 Å². The molecule has 1 rings (SSSR count). The lowest BCUT2D eigenvalue weighted by Crippen LogP contribution is -2.22. The van der Waals surface area contributed by atoms with Gasteiger partial charge >= 0.3 is 6.09 Å². The summed E-state index contributed by atoms with van der Waals surface area (Å²) in [7, 11) is 2.86. The molecule has 1 aromatic heterocycles. The lowest BCUT2D eigenvalue weighted by molar-refractivity contribution is 0.170. The van der Waals surface area contributed by atoms with Crippen LogP contribution in [0.15, 0.2) is 18.3 Å². The number of aromatic nitrogens is 1. The number of hydrogen-bond donors (Lipinski definition) is 1. The number of hydrogen-bond acceptors (Lipinski definition) is 4. The first-order valence-corrected chi connectivity index (χ1v) is 4.07. The van der Waals surface area contributed by atoms with Crippen LogP contribution in [0.1, 0.15) is 5.56 Å². The maximum Gasteiger partial charge on any atom is 0.407 e. The molecule has 0 radical (unpaired) electrons. The summed E-state index contributed by atoms with van der Waals surface area (Å²) in [5.74, 6) is 0.522. The number of carbonyl (C=O) groups excluding carboxylic acids is 1. The Morgan fingerprint density at radius 3 is 3.00 bits per heavy atom. The van der Waals surface area contributed by atoms with Crippen molar-refractivity contribution in [1.82, 2.24) is 10.3 Å². The molecule has 76 valence electrons. The van der Waals surface area contributed by atoms with Gasteiger partial charge in [0.05, 0.1) is 14.2 Å². The van der Waals surface area contributed by atoms with E-state index in [2.05, 4.69) is 15.0 Å². The van der Waals surface area contributed by atoms with Crippen LogP contribution >= 0.6 is 0 Å². The summed E-state index contributed by atoms with van der Waals surface area (Å²) < 4.78 is 9.36. The molecule has 1 N–H and O–H groups in total. The molecule has 0 aliphatic heterocycles. The number of rotatable bonds is 3. The second kappa shape index (κ2) is 5.06. The Bertz CT molecular complexity index is 315. The number of methoxy groups -OCH3 is 2.